The number of hydrogen-bond acceptors (Lipinski definition) is 6. The first-order valence-corrected chi connectivity index (χ1v) is 11.1. The Labute approximate surface area is 174 Å². The second kappa shape index (κ2) is 8.52. The van der Waals surface area contributed by atoms with E-state index in [2.05, 4.69) is 26.2 Å². The van der Waals surface area contributed by atoms with E-state index in [1.54, 1.807) is 4.68 Å². The van der Waals surface area contributed by atoms with Gasteiger partial charge in [0.2, 0.25) is 11.1 Å². The fourth-order valence-electron chi connectivity index (χ4n) is 4.67. The first-order valence-electron chi connectivity index (χ1n) is 10.1. The van der Waals surface area contributed by atoms with Gasteiger partial charge in [0, 0.05) is 6.04 Å². The van der Waals surface area contributed by atoms with Gasteiger partial charge in [-0.05, 0) is 73.4 Å². The van der Waals surface area contributed by atoms with E-state index in [9.17, 15) is 9.59 Å². The number of urea groups is 1. The SMILES string of the molecule is Cc1ccc(-n2nnnc2SCC(=O)NC(=O)N[C@@H](C)[C@@H]2C[C@H]3CC[C@H]2C3)cc1. The highest BCUT2D eigenvalue weighted by Gasteiger charge is 2.42. The van der Waals surface area contributed by atoms with Crippen molar-refractivity contribution in [3.05, 3.63) is 29.8 Å². The topological polar surface area (TPSA) is 102 Å². The number of benzene rings is 1. The molecule has 2 aliphatic rings. The fraction of sp³-hybridized carbons (Fsp3) is 0.550. The molecule has 4 rings (SSSR count). The molecule has 0 unspecified atom stereocenters. The van der Waals surface area contributed by atoms with Crippen molar-refractivity contribution in [1.82, 2.24) is 30.8 Å². The minimum absolute atomic E-state index is 0.0577. The molecular formula is C20H26N6O2S. The minimum Gasteiger partial charge on any atom is -0.335 e. The third kappa shape index (κ3) is 4.60. The summed E-state index contributed by atoms with van der Waals surface area (Å²) in [5.41, 5.74) is 1.96. The summed E-state index contributed by atoms with van der Waals surface area (Å²) in [4.78, 5) is 24.4. The number of carbonyl (C=O) groups excluding carboxylic acids is 2. The number of fused-ring (bicyclic) bond motifs is 2. The van der Waals surface area contributed by atoms with Crippen LogP contribution in [0.2, 0.25) is 0 Å². The quantitative estimate of drug-likeness (QED) is 0.705. The van der Waals surface area contributed by atoms with Gasteiger partial charge in [0.05, 0.1) is 11.4 Å². The number of tetrazole rings is 1. The summed E-state index contributed by atoms with van der Waals surface area (Å²) in [7, 11) is 0. The number of thioether (sulfide) groups is 1. The normalized spacial score (nSPS) is 23.7. The number of amides is 3. The van der Waals surface area contributed by atoms with E-state index in [0.717, 1.165) is 23.1 Å². The maximum Gasteiger partial charge on any atom is 0.321 e. The number of nitrogens with one attached hydrogen (secondary N) is 2. The van der Waals surface area contributed by atoms with Crippen LogP contribution < -0.4 is 10.6 Å². The molecule has 2 aliphatic carbocycles. The smallest absolute Gasteiger partial charge is 0.321 e. The van der Waals surface area contributed by atoms with Crippen LogP contribution in [-0.2, 0) is 4.79 Å². The van der Waals surface area contributed by atoms with Crippen molar-refractivity contribution in [3.63, 3.8) is 0 Å². The number of hydrogen-bond donors (Lipinski definition) is 2. The Bertz CT molecular complexity index is 883. The lowest BCUT2D eigenvalue weighted by Crippen LogP contribution is -2.47. The zero-order valence-corrected chi connectivity index (χ0v) is 17.5. The fourth-order valence-corrected chi connectivity index (χ4v) is 5.36. The Morgan fingerprint density at radius 2 is 2.03 bits per heavy atom. The standard InChI is InChI=1S/C20H26N6O2S/c1-12-3-7-16(8-4-12)26-20(23-24-25-26)29-11-18(27)22-19(28)21-13(2)17-10-14-5-6-15(17)9-14/h3-4,7-8,13-15,17H,5-6,9-11H2,1-2H3,(H2,21,22,27,28)/t13-,14-,15-,17-/m0/s1. The van der Waals surface area contributed by atoms with Gasteiger partial charge in [-0.2, -0.15) is 4.68 Å². The number of carbonyl (C=O) groups is 2. The van der Waals surface area contributed by atoms with Gasteiger partial charge in [0.25, 0.3) is 0 Å². The van der Waals surface area contributed by atoms with Crippen LogP contribution in [-0.4, -0.2) is 43.9 Å². The van der Waals surface area contributed by atoms with Crippen LogP contribution in [0.4, 0.5) is 4.79 Å². The first kappa shape index (κ1) is 19.9. The van der Waals surface area contributed by atoms with Crippen molar-refractivity contribution in [2.75, 3.05) is 5.75 Å². The molecule has 1 heterocycles. The number of aryl methyl sites for hydroxylation is 1. The van der Waals surface area contributed by atoms with Crippen molar-refractivity contribution in [1.29, 1.82) is 0 Å². The van der Waals surface area contributed by atoms with E-state index in [0.29, 0.717) is 11.1 Å². The molecule has 2 fully saturated rings. The Morgan fingerprint density at radius 1 is 1.24 bits per heavy atom. The molecule has 9 heteroatoms. The zero-order chi connectivity index (χ0) is 20.4. The predicted molar refractivity (Wildman–Crippen MR) is 110 cm³/mol. The van der Waals surface area contributed by atoms with E-state index >= 15 is 0 Å². The average molecular weight is 415 g/mol. The van der Waals surface area contributed by atoms with Crippen molar-refractivity contribution in [2.45, 2.75) is 50.7 Å². The number of imide groups is 1. The summed E-state index contributed by atoms with van der Waals surface area (Å²) < 4.78 is 1.58. The molecule has 1 aromatic heterocycles. The van der Waals surface area contributed by atoms with Crippen molar-refractivity contribution in [2.24, 2.45) is 17.8 Å². The van der Waals surface area contributed by atoms with Gasteiger partial charge < -0.3 is 5.32 Å². The molecular weight excluding hydrogens is 388 g/mol. The summed E-state index contributed by atoms with van der Waals surface area (Å²) in [6.07, 6.45) is 5.09. The van der Waals surface area contributed by atoms with Gasteiger partial charge in [0.15, 0.2) is 0 Å². The van der Waals surface area contributed by atoms with E-state index in [4.69, 9.17) is 0 Å². The number of rotatable bonds is 6. The number of aromatic nitrogens is 4. The van der Waals surface area contributed by atoms with Gasteiger partial charge in [-0.15, -0.1) is 5.10 Å². The Kier molecular flexibility index (Phi) is 5.84. The molecule has 0 aliphatic heterocycles. The predicted octanol–water partition coefficient (Wildman–Crippen LogP) is 2.71. The van der Waals surface area contributed by atoms with Crippen LogP contribution in [0.3, 0.4) is 0 Å². The molecule has 4 atom stereocenters. The molecule has 2 saturated carbocycles. The van der Waals surface area contributed by atoms with E-state index in [-0.39, 0.29) is 17.7 Å². The summed E-state index contributed by atoms with van der Waals surface area (Å²) in [5.74, 6) is 1.77. The van der Waals surface area contributed by atoms with Crippen LogP contribution in [0.25, 0.3) is 5.69 Å². The Hall–Kier alpha value is -2.42. The van der Waals surface area contributed by atoms with Crippen LogP contribution in [0.1, 0.15) is 38.2 Å². The average Bonchev–Trinajstić information content (AvgIpc) is 3.43. The van der Waals surface area contributed by atoms with Crippen molar-refractivity contribution < 1.29 is 9.59 Å². The first-order chi connectivity index (χ1) is 14.0. The van der Waals surface area contributed by atoms with Crippen LogP contribution in [0.15, 0.2) is 29.4 Å². The Morgan fingerprint density at radius 3 is 2.72 bits per heavy atom. The molecule has 2 bridgehead atoms. The highest BCUT2D eigenvalue weighted by Crippen LogP contribution is 2.49. The molecule has 2 N–H and O–H groups in total. The summed E-state index contributed by atoms with van der Waals surface area (Å²) >= 11 is 1.19. The molecule has 154 valence electrons. The largest absolute Gasteiger partial charge is 0.335 e. The van der Waals surface area contributed by atoms with E-state index in [1.165, 1.54) is 37.4 Å². The third-order valence-electron chi connectivity index (χ3n) is 6.10. The maximum absolute atomic E-state index is 12.2. The van der Waals surface area contributed by atoms with Gasteiger partial charge in [-0.1, -0.05) is 35.9 Å². The van der Waals surface area contributed by atoms with Crippen molar-refractivity contribution in [3.8, 4) is 5.69 Å². The number of nitrogens with zero attached hydrogens (tertiary/aromatic N) is 4. The monoisotopic (exact) mass is 414 g/mol. The van der Waals surface area contributed by atoms with Gasteiger partial charge in [-0.3, -0.25) is 10.1 Å². The molecule has 1 aromatic carbocycles. The second-order valence-electron chi connectivity index (χ2n) is 8.15. The highest BCUT2D eigenvalue weighted by molar-refractivity contribution is 7.99. The van der Waals surface area contributed by atoms with Crippen molar-refractivity contribution >= 4 is 23.7 Å². The van der Waals surface area contributed by atoms with Gasteiger partial charge >= 0.3 is 6.03 Å². The Balaban J connectivity index is 1.26. The molecule has 8 nitrogen and oxygen atoms in total. The van der Waals surface area contributed by atoms with Crippen LogP contribution in [0, 0.1) is 24.7 Å². The summed E-state index contributed by atoms with van der Waals surface area (Å²) in [6.45, 7) is 4.05. The van der Waals surface area contributed by atoms with E-state index in [1.807, 2.05) is 38.1 Å². The maximum atomic E-state index is 12.2. The van der Waals surface area contributed by atoms with Gasteiger partial charge in [-0.25, -0.2) is 4.79 Å². The van der Waals surface area contributed by atoms with Crippen LogP contribution in [0.5, 0.6) is 0 Å². The second-order valence-corrected chi connectivity index (χ2v) is 9.09. The minimum atomic E-state index is -0.427. The molecule has 0 saturated heterocycles. The lowest BCUT2D eigenvalue weighted by Gasteiger charge is -2.28. The molecule has 29 heavy (non-hydrogen) atoms. The molecule has 3 amide bonds. The lowest BCUT2D eigenvalue weighted by atomic mass is 9.84. The van der Waals surface area contributed by atoms with Crippen LogP contribution >= 0.6 is 11.8 Å². The molecule has 0 spiro atoms. The van der Waals surface area contributed by atoms with Gasteiger partial charge in [0.1, 0.15) is 0 Å². The highest BCUT2D eigenvalue weighted by atomic mass is 32.2. The lowest BCUT2D eigenvalue weighted by molar-refractivity contribution is -0.117. The zero-order valence-electron chi connectivity index (χ0n) is 16.7. The summed E-state index contributed by atoms with van der Waals surface area (Å²) in [5, 5.41) is 17.5. The molecule has 2 aromatic rings. The van der Waals surface area contributed by atoms with E-state index < -0.39 is 6.03 Å². The third-order valence-corrected chi connectivity index (χ3v) is 7.02. The summed E-state index contributed by atoms with van der Waals surface area (Å²) in [6, 6.07) is 7.43. The molecule has 0 radical (unpaired) electrons.